The number of aromatic nitrogens is 2. The summed E-state index contributed by atoms with van der Waals surface area (Å²) >= 11 is 5.96. The zero-order valence-corrected chi connectivity index (χ0v) is 13.1. The molecule has 23 heavy (non-hydrogen) atoms. The van der Waals surface area contributed by atoms with Crippen molar-refractivity contribution in [1.29, 1.82) is 0 Å². The SMILES string of the molecule is O=C(C[C@@H](c1ccc(Cl)cc1)n1cccc1)Nc1cccnc1. The minimum Gasteiger partial charge on any atom is -0.346 e. The molecule has 3 aromatic rings. The van der Waals surface area contributed by atoms with Gasteiger partial charge in [0.25, 0.3) is 0 Å². The monoisotopic (exact) mass is 325 g/mol. The molecule has 0 radical (unpaired) electrons. The van der Waals surface area contributed by atoms with Gasteiger partial charge in [-0.25, -0.2) is 0 Å². The van der Waals surface area contributed by atoms with Crippen molar-refractivity contribution in [3.8, 4) is 0 Å². The van der Waals surface area contributed by atoms with Crippen LogP contribution >= 0.6 is 11.6 Å². The number of carbonyl (C=O) groups is 1. The summed E-state index contributed by atoms with van der Waals surface area (Å²) in [5, 5.41) is 3.56. The van der Waals surface area contributed by atoms with Crippen LogP contribution in [0.5, 0.6) is 0 Å². The molecule has 1 N–H and O–H groups in total. The van der Waals surface area contributed by atoms with Crippen molar-refractivity contribution in [2.24, 2.45) is 0 Å². The van der Waals surface area contributed by atoms with E-state index in [0.717, 1.165) is 5.56 Å². The Kier molecular flexibility index (Phi) is 4.74. The average molecular weight is 326 g/mol. The van der Waals surface area contributed by atoms with Crippen molar-refractivity contribution in [2.45, 2.75) is 12.5 Å². The van der Waals surface area contributed by atoms with Crippen molar-refractivity contribution in [1.82, 2.24) is 9.55 Å². The normalized spacial score (nSPS) is 11.9. The number of benzene rings is 1. The Hall–Kier alpha value is -2.59. The molecule has 1 atom stereocenters. The first-order chi connectivity index (χ1) is 11.2. The van der Waals surface area contributed by atoms with Crippen LogP contribution in [0, 0.1) is 0 Å². The smallest absolute Gasteiger partial charge is 0.226 e. The van der Waals surface area contributed by atoms with E-state index in [0.29, 0.717) is 17.1 Å². The molecule has 0 unspecified atom stereocenters. The van der Waals surface area contributed by atoms with Crippen molar-refractivity contribution in [2.75, 3.05) is 5.32 Å². The minimum atomic E-state index is -0.0843. The number of carbonyl (C=O) groups excluding carboxylic acids is 1. The third-order valence-corrected chi connectivity index (χ3v) is 3.82. The van der Waals surface area contributed by atoms with Crippen LogP contribution in [-0.4, -0.2) is 15.5 Å². The molecule has 0 spiro atoms. The van der Waals surface area contributed by atoms with E-state index in [9.17, 15) is 4.79 Å². The van der Waals surface area contributed by atoms with Crippen LogP contribution in [0.15, 0.2) is 73.3 Å². The predicted molar refractivity (Wildman–Crippen MR) is 91.5 cm³/mol. The molecular weight excluding hydrogens is 310 g/mol. The quantitative estimate of drug-likeness (QED) is 0.765. The summed E-state index contributed by atoms with van der Waals surface area (Å²) in [5.41, 5.74) is 1.73. The number of halogens is 1. The van der Waals surface area contributed by atoms with Gasteiger partial charge in [-0.2, -0.15) is 0 Å². The molecule has 0 aliphatic carbocycles. The van der Waals surface area contributed by atoms with Crippen LogP contribution in [-0.2, 0) is 4.79 Å². The third kappa shape index (κ3) is 3.99. The van der Waals surface area contributed by atoms with E-state index in [-0.39, 0.29) is 11.9 Å². The fraction of sp³-hybridized carbons (Fsp3) is 0.111. The summed E-state index contributed by atoms with van der Waals surface area (Å²) in [7, 11) is 0. The zero-order valence-electron chi connectivity index (χ0n) is 12.4. The summed E-state index contributed by atoms with van der Waals surface area (Å²) in [4.78, 5) is 16.4. The van der Waals surface area contributed by atoms with Gasteiger partial charge in [0.2, 0.25) is 5.91 Å². The molecule has 1 amide bonds. The summed E-state index contributed by atoms with van der Waals surface area (Å²) in [6.07, 6.45) is 7.54. The zero-order chi connectivity index (χ0) is 16.1. The Bertz CT molecular complexity index is 755. The Labute approximate surface area is 139 Å². The number of nitrogens with one attached hydrogen (secondary N) is 1. The van der Waals surface area contributed by atoms with E-state index in [1.807, 2.05) is 59.4 Å². The number of pyridine rings is 1. The van der Waals surface area contributed by atoms with Gasteiger partial charge in [-0.1, -0.05) is 23.7 Å². The van der Waals surface area contributed by atoms with Crippen molar-refractivity contribution >= 4 is 23.2 Å². The van der Waals surface area contributed by atoms with Gasteiger partial charge in [-0.05, 0) is 42.0 Å². The number of amides is 1. The molecule has 0 fully saturated rings. The third-order valence-electron chi connectivity index (χ3n) is 3.57. The molecule has 116 valence electrons. The predicted octanol–water partition coefficient (Wildman–Crippen LogP) is 4.15. The number of rotatable bonds is 5. The van der Waals surface area contributed by atoms with E-state index in [4.69, 9.17) is 11.6 Å². The molecule has 0 bridgehead atoms. The largest absolute Gasteiger partial charge is 0.346 e. The lowest BCUT2D eigenvalue weighted by atomic mass is 10.0. The van der Waals surface area contributed by atoms with E-state index in [1.54, 1.807) is 18.5 Å². The molecule has 0 saturated carbocycles. The second-order valence-corrected chi connectivity index (χ2v) is 5.63. The van der Waals surface area contributed by atoms with Crippen LogP contribution in [0.4, 0.5) is 5.69 Å². The van der Waals surface area contributed by atoms with Crippen LogP contribution in [0.1, 0.15) is 18.0 Å². The number of nitrogens with zero attached hydrogens (tertiary/aromatic N) is 2. The highest BCUT2D eigenvalue weighted by Crippen LogP contribution is 2.24. The fourth-order valence-corrected chi connectivity index (χ4v) is 2.59. The average Bonchev–Trinajstić information content (AvgIpc) is 3.09. The number of hydrogen-bond acceptors (Lipinski definition) is 2. The second-order valence-electron chi connectivity index (χ2n) is 5.19. The highest BCUT2D eigenvalue weighted by atomic mass is 35.5. The Morgan fingerprint density at radius 2 is 1.87 bits per heavy atom. The molecule has 1 aromatic carbocycles. The van der Waals surface area contributed by atoms with Gasteiger partial charge in [0, 0.05) is 23.6 Å². The lowest BCUT2D eigenvalue weighted by molar-refractivity contribution is -0.116. The number of anilines is 1. The minimum absolute atomic E-state index is 0.0633. The summed E-state index contributed by atoms with van der Waals surface area (Å²) in [6, 6.07) is 15.0. The van der Waals surface area contributed by atoms with Gasteiger partial charge >= 0.3 is 0 Å². The van der Waals surface area contributed by atoms with Gasteiger partial charge < -0.3 is 9.88 Å². The van der Waals surface area contributed by atoms with Gasteiger partial charge in [-0.15, -0.1) is 0 Å². The van der Waals surface area contributed by atoms with E-state index >= 15 is 0 Å². The molecule has 0 aliphatic heterocycles. The van der Waals surface area contributed by atoms with Gasteiger partial charge in [-0.3, -0.25) is 9.78 Å². The molecule has 5 heteroatoms. The number of hydrogen-bond donors (Lipinski definition) is 1. The molecular formula is C18H16ClN3O. The van der Waals surface area contributed by atoms with Crippen LogP contribution in [0.3, 0.4) is 0 Å². The van der Waals surface area contributed by atoms with Gasteiger partial charge in [0.1, 0.15) is 0 Å². The van der Waals surface area contributed by atoms with E-state index in [1.165, 1.54) is 0 Å². The first-order valence-electron chi connectivity index (χ1n) is 7.30. The summed E-state index contributed by atoms with van der Waals surface area (Å²) < 4.78 is 2.02. The van der Waals surface area contributed by atoms with Crippen molar-refractivity contribution in [3.05, 3.63) is 83.9 Å². The Morgan fingerprint density at radius 1 is 1.13 bits per heavy atom. The summed E-state index contributed by atoms with van der Waals surface area (Å²) in [6.45, 7) is 0. The fourth-order valence-electron chi connectivity index (χ4n) is 2.46. The maximum absolute atomic E-state index is 12.4. The van der Waals surface area contributed by atoms with Crippen molar-refractivity contribution in [3.63, 3.8) is 0 Å². The topological polar surface area (TPSA) is 46.9 Å². The maximum atomic E-state index is 12.4. The second kappa shape index (κ2) is 7.11. The standard InChI is InChI=1S/C18H16ClN3O/c19-15-7-5-14(6-8-15)17(22-10-1-2-11-22)12-18(23)21-16-4-3-9-20-13-16/h1-11,13,17H,12H2,(H,21,23)/t17-/m0/s1. The van der Waals surface area contributed by atoms with Gasteiger partial charge in [0.15, 0.2) is 0 Å². The van der Waals surface area contributed by atoms with Crippen molar-refractivity contribution < 1.29 is 4.79 Å². The highest BCUT2D eigenvalue weighted by molar-refractivity contribution is 6.30. The van der Waals surface area contributed by atoms with Crippen LogP contribution < -0.4 is 5.32 Å². The summed E-state index contributed by atoms with van der Waals surface area (Å²) in [5.74, 6) is -0.0633. The highest BCUT2D eigenvalue weighted by Gasteiger charge is 2.17. The maximum Gasteiger partial charge on any atom is 0.226 e. The lowest BCUT2D eigenvalue weighted by Gasteiger charge is -2.19. The van der Waals surface area contributed by atoms with Crippen LogP contribution in [0.25, 0.3) is 0 Å². The first kappa shape index (κ1) is 15.3. The molecule has 0 saturated heterocycles. The molecule has 2 aromatic heterocycles. The molecule has 4 nitrogen and oxygen atoms in total. The molecule has 0 aliphatic rings. The molecule has 2 heterocycles. The van der Waals surface area contributed by atoms with Crippen LogP contribution in [0.2, 0.25) is 5.02 Å². The Morgan fingerprint density at radius 3 is 2.52 bits per heavy atom. The first-order valence-corrected chi connectivity index (χ1v) is 7.68. The molecule has 3 rings (SSSR count). The van der Waals surface area contributed by atoms with E-state index < -0.39 is 0 Å². The van der Waals surface area contributed by atoms with E-state index in [2.05, 4.69) is 10.3 Å². The Balaban J connectivity index is 1.79. The van der Waals surface area contributed by atoms with Gasteiger partial charge in [0.05, 0.1) is 24.3 Å². The lowest BCUT2D eigenvalue weighted by Crippen LogP contribution is -2.19.